The topological polar surface area (TPSA) is 68.1 Å². The molecule has 6 heteroatoms. The molecular weight excluding hydrogens is 249 g/mol. The zero-order valence-corrected chi connectivity index (χ0v) is 10.1. The van der Waals surface area contributed by atoms with Crippen LogP contribution in [0.15, 0.2) is 24.4 Å². The van der Waals surface area contributed by atoms with Crippen molar-refractivity contribution in [2.45, 2.75) is 25.3 Å². The van der Waals surface area contributed by atoms with Crippen molar-refractivity contribution in [2.24, 2.45) is 0 Å². The van der Waals surface area contributed by atoms with E-state index < -0.39 is 10.7 Å². The van der Waals surface area contributed by atoms with Crippen LogP contribution in [0, 0.1) is 15.9 Å². The molecule has 3 rings (SSSR count). The SMILES string of the molecule is O=[N+]([O-])c1cc(F)c(NC2CCC2)c2ncccc12. The van der Waals surface area contributed by atoms with Crippen LogP contribution < -0.4 is 5.32 Å². The molecule has 1 aliphatic carbocycles. The van der Waals surface area contributed by atoms with E-state index in [9.17, 15) is 14.5 Å². The lowest BCUT2D eigenvalue weighted by atomic mass is 9.92. The van der Waals surface area contributed by atoms with Gasteiger partial charge in [-0.25, -0.2) is 4.39 Å². The summed E-state index contributed by atoms with van der Waals surface area (Å²) in [6.07, 6.45) is 4.62. The van der Waals surface area contributed by atoms with Crippen LogP contribution in [0.1, 0.15) is 19.3 Å². The van der Waals surface area contributed by atoms with Crippen LogP contribution in [0.4, 0.5) is 15.8 Å². The summed E-state index contributed by atoms with van der Waals surface area (Å²) in [6, 6.07) is 4.40. The minimum absolute atomic E-state index is 0.237. The molecule has 0 radical (unpaired) electrons. The van der Waals surface area contributed by atoms with E-state index in [1.54, 1.807) is 12.1 Å². The molecule has 1 N–H and O–H groups in total. The Hall–Kier alpha value is -2.24. The Morgan fingerprint density at radius 1 is 1.47 bits per heavy atom. The zero-order valence-electron chi connectivity index (χ0n) is 10.1. The van der Waals surface area contributed by atoms with Crippen molar-refractivity contribution < 1.29 is 9.31 Å². The fraction of sp³-hybridized carbons (Fsp3) is 0.308. The molecule has 1 saturated carbocycles. The Morgan fingerprint density at radius 3 is 2.89 bits per heavy atom. The van der Waals surface area contributed by atoms with Crippen LogP contribution in [0.2, 0.25) is 0 Å². The van der Waals surface area contributed by atoms with E-state index in [4.69, 9.17) is 0 Å². The van der Waals surface area contributed by atoms with Gasteiger partial charge in [0.15, 0.2) is 5.82 Å². The van der Waals surface area contributed by atoms with Crippen molar-refractivity contribution in [3.8, 4) is 0 Å². The van der Waals surface area contributed by atoms with Crippen LogP contribution in [-0.4, -0.2) is 15.9 Å². The molecule has 2 aromatic rings. The number of halogens is 1. The van der Waals surface area contributed by atoms with Crippen molar-refractivity contribution in [3.05, 3.63) is 40.3 Å². The predicted molar refractivity (Wildman–Crippen MR) is 69.6 cm³/mol. The molecule has 0 spiro atoms. The number of rotatable bonds is 3. The first kappa shape index (κ1) is 11.8. The van der Waals surface area contributed by atoms with Crippen LogP contribution in [0.5, 0.6) is 0 Å². The minimum Gasteiger partial charge on any atom is -0.378 e. The van der Waals surface area contributed by atoms with Crippen molar-refractivity contribution in [1.82, 2.24) is 4.98 Å². The molecule has 0 aliphatic heterocycles. The van der Waals surface area contributed by atoms with Crippen molar-refractivity contribution in [2.75, 3.05) is 5.32 Å². The Balaban J connectivity index is 2.18. The number of fused-ring (bicyclic) bond motifs is 1. The van der Waals surface area contributed by atoms with E-state index >= 15 is 0 Å². The normalized spacial score (nSPS) is 15.2. The van der Waals surface area contributed by atoms with E-state index in [0.717, 1.165) is 25.3 Å². The number of nitro benzene ring substituents is 1. The number of aromatic nitrogens is 1. The maximum absolute atomic E-state index is 14.1. The first-order valence-electron chi connectivity index (χ1n) is 6.15. The highest BCUT2D eigenvalue weighted by Crippen LogP contribution is 2.34. The smallest absolute Gasteiger partial charge is 0.281 e. The predicted octanol–water partition coefficient (Wildman–Crippen LogP) is 3.25. The summed E-state index contributed by atoms with van der Waals surface area (Å²) in [6.45, 7) is 0. The van der Waals surface area contributed by atoms with Crippen LogP contribution >= 0.6 is 0 Å². The number of hydrogen-bond acceptors (Lipinski definition) is 4. The molecule has 98 valence electrons. The van der Waals surface area contributed by atoms with E-state index in [-0.39, 0.29) is 17.4 Å². The Bertz CT molecular complexity index is 656. The van der Waals surface area contributed by atoms with Gasteiger partial charge in [-0.2, -0.15) is 0 Å². The summed E-state index contributed by atoms with van der Waals surface area (Å²) >= 11 is 0. The number of benzene rings is 1. The number of pyridine rings is 1. The maximum Gasteiger partial charge on any atom is 0.281 e. The fourth-order valence-electron chi connectivity index (χ4n) is 2.24. The van der Waals surface area contributed by atoms with Gasteiger partial charge in [0.2, 0.25) is 0 Å². The van der Waals surface area contributed by atoms with Gasteiger partial charge in [0.25, 0.3) is 5.69 Å². The third kappa shape index (κ3) is 1.99. The summed E-state index contributed by atoms with van der Waals surface area (Å²) in [5.41, 5.74) is 0.340. The van der Waals surface area contributed by atoms with Crippen molar-refractivity contribution in [3.63, 3.8) is 0 Å². The number of nitro groups is 1. The monoisotopic (exact) mass is 261 g/mol. The zero-order chi connectivity index (χ0) is 13.4. The third-order valence-corrected chi connectivity index (χ3v) is 3.47. The lowest BCUT2D eigenvalue weighted by Gasteiger charge is -2.28. The van der Waals surface area contributed by atoms with Crippen LogP contribution in [-0.2, 0) is 0 Å². The third-order valence-electron chi connectivity index (χ3n) is 3.47. The molecule has 0 unspecified atom stereocenters. The van der Waals surface area contributed by atoms with Crippen LogP contribution in [0.25, 0.3) is 10.9 Å². The van der Waals surface area contributed by atoms with Gasteiger partial charge in [-0.1, -0.05) is 0 Å². The summed E-state index contributed by atoms with van der Waals surface area (Å²) in [5, 5.41) is 14.4. The van der Waals surface area contributed by atoms with E-state index in [2.05, 4.69) is 10.3 Å². The van der Waals surface area contributed by atoms with Gasteiger partial charge in [0.05, 0.1) is 22.1 Å². The maximum atomic E-state index is 14.1. The highest BCUT2D eigenvalue weighted by Gasteiger charge is 2.24. The molecule has 0 saturated heterocycles. The number of nitrogens with zero attached hydrogens (tertiary/aromatic N) is 2. The molecule has 5 nitrogen and oxygen atoms in total. The van der Waals surface area contributed by atoms with Gasteiger partial charge in [-0.15, -0.1) is 0 Å². The number of nitrogens with one attached hydrogen (secondary N) is 1. The number of non-ortho nitro benzene ring substituents is 1. The Morgan fingerprint density at radius 2 is 2.26 bits per heavy atom. The van der Waals surface area contributed by atoms with Gasteiger partial charge in [-0.3, -0.25) is 15.1 Å². The summed E-state index contributed by atoms with van der Waals surface area (Å²) in [5.74, 6) is -0.621. The second-order valence-corrected chi connectivity index (χ2v) is 4.68. The molecule has 1 heterocycles. The van der Waals surface area contributed by atoms with E-state index in [1.165, 1.54) is 6.20 Å². The highest BCUT2D eigenvalue weighted by molar-refractivity contribution is 5.97. The number of anilines is 1. The van der Waals surface area contributed by atoms with E-state index in [1.807, 2.05) is 0 Å². The Kier molecular flexibility index (Phi) is 2.77. The largest absolute Gasteiger partial charge is 0.378 e. The second-order valence-electron chi connectivity index (χ2n) is 4.68. The minimum atomic E-state index is -0.621. The molecule has 19 heavy (non-hydrogen) atoms. The molecule has 1 aromatic carbocycles. The standard InChI is InChI=1S/C13H12FN3O2/c14-10-7-11(17(18)19)9-5-2-6-15-12(9)13(10)16-8-3-1-4-8/h2,5-8,16H,1,3-4H2. The lowest BCUT2D eigenvalue weighted by Crippen LogP contribution is -2.27. The molecule has 0 atom stereocenters. The van der Waals surface area contributed by atoms with Gasteiger partial charge < -0.3 is 5.32 Å². The van der Waals surface area contributed by atoms with E-state index in [0.29, 0.717) is 10.9 Å². The quantitative estimate of drug-likeness (QED) is 0.680. The molecule has 0 bridgehead atoms. The molecular formula is C13H12FN3O2. The van der Waals surface area contributed by atoms with Gasteiger partial charge in [0, 0.05) is 12.2 Å². The molecule has 1 aromatic heterocycles. The number of hydrogen-bond donors (Lipinski definition) is 1. The van der Waals surface area contributed by atoms with Crippen molar-refractivity contribution in [1.29, 1.82) is 0 Å². The fourth-order valence-corrected chi connectivity index (χ4v) is 2.24. The van der Waals surface area contributed by atoms with Crippen molar-refractivity contribution >= 4 is 22.3 Å². The first-order chi connectivity index (χ1) is 9.16. The average Bonchev–Trinajstić information content (AvgIpc) is 2.34. The lowest BCUT2D eigenvalue weighted by molar-refractivity contribution is -0.383. The Labute approximate surface area is 108 Å². The summed E-state index contributed by atoms with van der Waals surface area (Å²) < 4.78 is 14.1. The van der Waals surface area contributed by atoms with Gasteiger partial charge >= 0.3 is 0 Å². The molecule has 1 fully saturated rings. The second kappa shape index (κ2) is 4.46. The molecule has 0 amide bonds. The van der Waals surface area contributed by atoms with Gasteiger partial charge in [0.1, 0.15) is 5.52 Å². The van der Waals surface area contributed by atoms with Gasteiger partial charge in [-0.05, 0) is 31.4 Å². The summed E-state index contributed by atoms with van der Waals surface area (Å²) in [7, 11) is 0. The first-order valence-corrected chi connectivity index (χ1v) is 6.15. The average molecular weight is 261 g/mol. The summed E-state index contributed by atoms with van der Waals surface area (Å²) in [4.78, 5) is 14.5. The molecule has 1 aliphatic rings. The van der Waals surface area contributed by atoms with Crippen LogP contribution in [0.3, 0.4) is 0 Å². The highest BCUT2D eigenvalue weighted by atomic mass is 19.1.